The molecule has 1 spiro atoms. The zero-order valence-corrected chi connectivity index (χ0v) is 18.0. The van der Waals surface area contributed by atoms with Crippen LogP contribution in [0.2, 0.25) is 5.02 Å². The third kappa shape index (κ3) is 2.16. The standard InChI is InChI=1S/C30H18ClN/c31-20-15-13-19(14-16-20)29-17-28-24(18-32-29)23-9-3-6-12-27(23)30(28)25-10-4-1-7-21(25)22-8-2-5-11-26(22)30/h1-18H. The maximum atomic E-state index is 6.14. The Balaban J connectivity index is 1.61. The maximum absolute atomic E-state index is 6.14. The van der Waals surface area contributed by atoms with Crippen molar-refractivity contribution in [3.8, 4) is 33.5 Å². The summed E-state index contributed by atoms with van der Waals surface area (Å²) in [5.74, 6) is 0. The molecule has 1 aromatic heterocycles. The van der Waals surface area contributed by atoms with E-state index in [2.05, 4.69) is 85.1 Å². The lowest BCUT2D eigenvalue weighted by atomic mass is 9.70. The molecular weight excluding hydrogens is 410 g/mol. The van der Waals surface area contributed by atoms with Gasteiger partial charge in [0.1, 0.15) is 0 Å². The monoisotopic (exact) mass is 427 g/mol. The average Bonchev–Trinajstić information content (AvgIpc) is 3.32. The van der Waals surface area contributed by atoms with E-state index < -0.39 is 0 Å². The number of pyridine rings is 1. The number of rotatable bonds is 1. The van der Waals surface area contributed by atoms with Crippen LogP contribution in [0.5, 0.6) is 0 Å². The van der Waals surface area contributed by atoms with E-state index >= 15 is 0 Å². The largest absolute Gasteiger partial charge is 0.256 e. The van der Waals surface area contributed by atoms with Crippen LogP contribution in [-0.2, 0) is 5.41 Å². The quantitative estimate of drug-likeness (QED) is 0.261. The van der Waals surface area contributed by atoms with Crippen molar-refractivity contribution in [2.75, 3.05) is 0 Å². The van der Waals surface area contributed by atoms with Crippen LogP contribution in [0.3, 0.4) is 0 Å². The molecule has 0 radical (unpaired) electrons. The van der Waals surface area contributed by atoms with Crippen LogP contribution in [0.25, 0.3) is 33.5 Å². The van der Waals surface area contributed by atoms with Crippen molar-refractivity contribution >= 4 is 11.6 Å². The van der Waals surface area contributed by atoms with E-state index in [-0.39, 0.29) is 5.41 Å². The highest BCUT2D eigenvalue weighted by Crippen LogP contribution is 2.62. The van der Waals surface area contributed by atoms with Crippen LogP contribution in [-0.4, -0.2) is 4.98 Å². The summed E-state index contributed by atoms with van der Waals surface area (Å²) in [6.07, 6.45) is 2.05. The van der Waals surface area contributed by atoms with Gasteiger partial charge < -0.3 is 0 Å². The molecule has 150 valence electrons. The molecule has 0 aliphatic heterocycles. The first-order valence-corrected chi connectivity index (χ1v) is 11.2. The van der Waals surface area contributed by atoms with Gasteiger partial charge in [0, 0.05) is 22.3 Å². The number of nitrogens with zero attached hydrogens (tertiary/aromatic N) is 1. The number of halogens is 1. The molecule has 2 heteroatoms. The molecule has 1 heterocycles. The van der Waals surface area contributed by atoms with Crippen LogP contribution in [0, 0.1) is 0 Å². The van der Waals surface area contributed by atoms with Gasteiger partial charge in [-0.3, -0.25) is 4.98 Å². The molecule has 0 amide bonds. The van der Waals surface area contributed by atoms with Crippen LogP contribution in [0.1, 0.15) is 22.3 Å². The predicted molar refractivity (Wildman–Crippen MR) is 131 cm³/mol. The summed E-state index contributed by atoms with van der Waals surface area (Å²) in [7, 11) is 0. The van der Waals surface area contributed by atoms with Gasteiger partial charge in [-0.15, -0.1) is 0 Å². The van der Waals surface area contributed by atoms with Crippen molar-refractivity contribution in [1.29, 1.82) is 0 Å². The van der Waals surface area contributed by atoms with E-state index in [9.17, 15) is 0 Å². The number of aromatic nitrogens is 1. The van der Waals surface area contributed by atoms with Gasteiger partial charge in [0.05, 0.1) is 11.1 Å². The molecule has 0 bridgehead atoms. The third-order valence-corrected chi connectivity index (χ3v) is 7.27. The fourth-order valence-electron chi connectivity index (χ4n) is 5.76. The van der Waals surface area contributed by atoms with Crippen molar-refractivity contribution < 1.29 is 0 Å². The van der Waals surface area contributed by atoms with Gasteiger partial charge in [-0.05, 0) is 57.1 Å². The number of hydrogen-bond donors (Lipinski definition) is 0. The summed E-state index contributed by atoms with van der Waals surface area (Å²) in [6, 6.07) is 36.7. The molecule has 0 N–H and O–H groups in total. The molecule has 7 rings (SSSR count). The zero-order chi connectivity index (χ0) is 21.3. The summed E-state index contributed by atoms with van der Waals surface area (Å²) in [5.41, 5.74) is 12.2. The molecule has 0 fully saturated rings. The first-order chi connectivity index (χ1) is 15.8. The van der Waals surface area contributed by atoms with E-state index in [1.165, 1.54) is 44.5 Å². The molecule has 2 aliphatic rings. The lowest BCUT2D eigenvalue weighted by Crippen LogP contribution is -2.25. The Kier molecular flexibility index (Phi) is 3.60. The molecule has 0 atom stereocenters. The molecule has 32 heavy (non-hydrogen) atoms. The van der Waals surface area contributed by atoms with Gasteiger partial charge >= 0.3 is 0 Å². The van der Waals surface area contributed by atoms with Crippen LogP contribution in [0.4, 0.5) is 0 Å². The second-order valence-corrected chi connectivity index (χ2v) is 8.95. The minimum atomic E-state index is -0.330. The lowest BCUT2D eigenvalue weighted by Gasteiger charge is -2.30. The molecule has 0 saturated heterocycles. The lowest BCUT2D eigenvalue weighted by molar-refractivity contribution is 0.792. The van der Waals surface area contributed by atoms with Crippen molar-refractivity contribution in [3.05, 3.63) is 137 Å². The first-order valence-electron chi connectivity index (χ1n) is 10.8. The first kappa shape index (κ1) is 17.9. The zero-order valence-electron chi connectivity index (χ0n) is 17.2. The van der Waals surface area contributed by atoms with Crippen molar-refractivity contribution in [3.63, 3.8) is 0 Å². The Morgan fingerprint density at radius 2 is 1.03 bits per heavy atom. The summed E-state index contributed by atoms with van der Waals surface area (Å²) < 4.78 is 0. The highest BCUT2D eigenvalue weighted by Gasteiger charge is 2.51. The molecule has 1 nitrogen and oxygen atoms in total. The fourth-order valence-corrected chi connectivity index (χ4v) is 5.89. The Hall–Kier alpha value is -3.68. The summed E-state index contributed by atoms with van der Waals surface area (Å²) in [5, 5.41) is 0.734. The number of benzene rings is 4. The Bertz CT molecular complexity index is 1470. The smallest absolute Gasteiger partial charge is 0.0726 e. The average molecular weight is 428 g/mol. The van der Waals surface area contributed by atoms with E-state index in [1.54, 1.807) is 0 Å². The van der Waals surface area contributed by atoms with Gasteiger partial charge in [-0.2, -0.15) is 0 Å². The normalized spacial score (nSPS) is 14.0. The second kappa shape index (κ2) is 6.41. The van der Waals surface area contributed by atoms with Gasteiger partial charge in [-0.25, -0.2) is 0 Å². The highest BCUT2D eigenvalue weighted by molar-refractivity contribution is 6.30. The van der Waals surface area contributed by atoms with Crippen LogP contribution < -0.4 is 0 Å². The minimum Gasteiger partial charge on any atom is -0.256 e. The van der Waals surface area contributed by atoms with Crippen molar-refractivity contribution in [1.82, 2.24) is 4.98 Å². The molecule has 0 saturated carbocycles. The third-order valence-electron chi connectivity index (χ3n) is 7.02. The number of fused-ring (bicyclic) bond motifs is 10. The molecule has 5 aromatic rings. The Labute approximate surface area is 192 Å². The van der Waals surface area contributed by atoms with Gasteiger partial charge in [0.15, 0.2) is 0 Å². The second-order valence-electron chi connectivity index (χ2n) is 8.51. The van der Waals surface area contributed by atoms with Crippen LogP contribution >= 0.6 is 11.6 Å². The van der Waals surface area contributed by atoms with E-state index in [0.717, 1.165) is 16.3 Å². The minimum absolute atomic E-state index is 0.330. The van der Waals surface area contributed by atoms with Crippen molar-refractivity contribution in [2.45, 2.75) is 5.41 Å². The van der Waals surface area contributed by atoms with Gasteiger partial charge in [0.25, 0.3) is 0 Å². The van der Waals surface area contributed by atoms with Crippen molar-refractivity contribution in [2.24, 2.45) is 0 Å². The molecule has 2 aliphatic carbocycles. The van der Waals surface area contributed by atoms with E-state index in [1.807, 2.05) is 24.3 Å². The molecule has 0 unspecified atom stereocenters. The molecular formula is C30H18ClN. The summed E-state index contributed by atoms with van der Waals surface area (Å²) in [6.45, 7) is 0. The SMILES string of the molecule is Clc1ccc(-c2cc3c(cn2)-c2ccccc2C32c3ccccc3-c3ccccc32)cc1. The maximum Gasteiger partial charge on any atom is 0.0726 e. The number of hydrogen-bond acceptors (Lipinski definition) is 1. The Morgan fingerprint density at radius 1 is 0.531 bits per heavy atom. The van der Waals surface area contributed by atoms with Crippen LogP contribution in [0.15, 0.2) is 109 Å². The van der Waals surface area contributed by atoms with Gasteiger partial charge in [-0.1, -0.05) is 96.5 Å². The highest BCUT2D eigenvalue weighted by atomic mass is 35.5. The van der Waals surface area contributed by atoms with Gasteiger partial charge in [0.2, 0.25) is 0 Å². The topological polar surface area (TPSA) is 12.9 Å². The summed E-state index contributed by atoms with van der Waals surface area (Å²) >= 11 is 6.14. The predicted octanol–water partition coefficient (Wildman–Crippen LogP) is 7.75. The van der Waals surface area contributed by atoms with E-state index in [0.29, 0.717) is 0 Å². The summed E-state index contributed by atoms with van der Waals surface area (Å²) in [4.78, 5) is 4.87. The van der Waals surface area contributed by atoms with E-state index in [4.69, 9.17) is 16.6 Å². The Morgan fingerprint density at radius 3 is 1.59 bits per heavy atom. The molecule has 4 aromatic carbocycles. The fraction of sp³-hybridized carbons (Fsp3) is 0.0333.